The summed E-state index contributed by atoms with van der Waals surface area (Å²) in [5.74, 6) is 0.848. The highest BCUT2D eigenvalue weighted by atomic mass is 35.5. The molecule has 31 heavy (non-hydrogen) atoms. The number of rotatable bonds is 5. The predicted molar refractivity (Wildman–Crippen MR) is 126 cm³/mol. The summed E-state index contributed by atoms with van der Waals surface area (Å²) in [6, 6.07) is 7.71. The number of hydrogen-bond acceptors (Lipinski definition) is 6. The Balaban J connectivity index is 1.37. The van der Waals surface area contributed by atoms with Crippen LogP contribution in [0, 0.1) is 0 Å². The van der Waals surface area contributed by atoms with Gasteiger partial charge in [-0.2, -0.15) is 9.97 Å². The summed E-state index contributed by atoms with van der Waals surface area (Å²) in [5.41, 5.74) is 3.47. The highest BCUT2D eigenvalue weighted by Gasteiger charge is 2.19. The number of nitrogens with zero attached hydrogens (tertiary/aromatic N) is 6. The molecule has 9 heteroatoms. The highest BCUT2D eigenvalue weighted by Crippen LogP contribution is 2.27. The van der Waals surface area contributed by atoms with Crippen molar-refractivity contribution in [1.29, 1.82) is 0 Å². The van der Waals surface area contributed by atoms with E-state index >= 15 is 0 Å². The lowest BCUT2D eigenvalue weighted by Crippen LogP contribution is -2.25. The fraction of sp³-hybridized carbons (Fsp3) is 0.364. The molecule has 0 saturated carbocycles. The molecular formula is C22H23Cl2N7. The molecule has 0 aliphatic carbocycles. The van der Waals surface area contributed by atoms with Crippen LogP contribution in [-0.4, -0.2) is 44.1 Å². The molecule has 0 unspecified atom stereocenters. The van der Waals surface area contributed by atoms with Crippen molar-refractivity contribution in [2.24, 2.45) is 0 Å². The van der Waals surface area contributed by atoms with Crippen LogP contribution in [0.25, 0.3) is 22.1 Å². The molecule has 4 aromatic rings. The molecule has 3 aromatic heterocycles. The number of anilines is 2. The maximum absolute atomic E-state index is 6.30. The smallest absolute Gasteiger partial charge is 0.226 e. The molecule has 0 atom stereocenters. The summed E-state index contributed by atoms with van der Waals surface area (Å²) in [4.78, 5) is 20.3. The fourth-order valence-electron chi connectivity index (χ4n) is 4.16. The molecule has 160 valence electrons. The number of fused-ring (bicyclic) bond motifs is 2. The first-order valence-corrected chi connectivity index (χ1v) is 11.4. The lowest BCUT2D eigenvalue weighted by molar-refractivity contribution is 0.726. The van der Waals surface area contributed by atoms with Gasteiger partial charge in [0.25, 0.3) is 0 Å². The summed E-state index contributed by atoms with van der Waals surface area (Å²) in [5, 5.41) is 5.47. The van der Waals surface area contributed by atoms with Gasteiger partial charge in [-0.25, -0.2) is 4.98 Å². The second-order valence-electron chi connectivity index (χ2n) is 7.77. The van der Waals surface area contributed by atoms with Crippen LogP contribution in [0.1, 0.15) is 25.7 Å². The molecule has 1 N–H and O–H groups in total. The molecule has 1 aromatic carbocycles. The average Bonchev–Trinajstić information content (AvgIpc) is 2.97. The van der Waals surface area contributed by atoms with Crippen molar-refractivity contribution >= 4 is 56.8 Å². The quantitative estimate of drug-likeness (QED) is 0.418. The predicted octanol–water partition coefficient (Wildman–Crippen LogP) is 5.17. The minimum atomic E-state index is 0.262. The lowest BCUT2D eigenvalue weighted by atomic mass is 10.2. The Morgan fingerprint density at radius 2 is 1.81 bits per heavy atom. The van der Waals surface area contributed by atoms with Crippen LogP contribution in [0.3, 0.4) is 0 Å². The van der Waals surface area contributed by atoms with Gasteiger partial charge >= 0.3 is 0 Å². The SMILES string of the molecule is Clc1ccc2c(NCCn3cnc4c(N5CCCCCC5)nc(Cl)nc43)ccnc2c1. The van der Waals surface area contributed by atoms with Crippen molar-refractivity contribution in [3.8, 4) is 0 Å². The maximum Gasteiger partial charge on any atom is 0.226 e. The topological polar surface area (TPSA) is 71.8 Å². The van der Waals surface area contributed by atoms with Crippen LogP contribution >= 0.6 is 23.2 Å². The van der Waals surface area contributed by atoms with E-state index in [1.54, 1.807) is 6.20 Å². The van der Waals surface area contributed by atoms with Crippen LogP contribution in [0.15, 0.2) is 36.8 Å². The van der Waals surface area contributed by atoms with Gasteiger partial charge in [0, 0.05) is 48.5 Å². The zero-order valence-corrected chi connectivity index (χ0v) is 18.6. The van der Waals surface area contributed by atoms with E-state index in [0.29, 0.717) is 18.1 Å². The second-order valence-corrected chi connectivity index (χ2v) is 8.55. The lowest BCUT2D eigenvalue weighted by Gasteiger charge is -2.21. The minimum Gasteiger partial charge on any atom is -0.383 e. The van der Waals surface area contributed by atoms with Gasteiger partial charge in [-0.3, -0.25) is 4.98 Å². The van der Waals surface area contributed by atoms with E-state index in [9.17, 15) is 0 Å². The Labute approximate surface area is 190 Å². The molecule has 0 spiro atoms. The normalized spacial score (nSPS) is 14.8. The molecule has 0 bridgehead atoms. The van der Waals surface area contributed by atoms with Crippen molar-refractivity contribution in [2.75, 3.05) is 29.9 Å². The molecule has 1 aliphatic heterocycles. The first-order chi connectivity index (χ1) is 15.2. The van der Waals surface area contributed by atoms with E-state index in [1.807, 2.05) is 35.2 Å². The van der Waals surface area contributed by atoms with Gasteiger partial charge in [-0.15, -0.1) is 0 Å². The number of pyridine rings is 1. The van der Waals surface area contributed by atoms with Gasteiger partial charge in [0.1, 0.15) is 0 Å². The van der Waals surface area contributed by atoms with Gasteiger partial charge in [-0.05, 0) is 48.7 Å². The molecule has 4 heterocycles. The van der Waals surface area contributed by atoms with Gasteiger partial charge in [-0.1, -0.05) is 24.4 Å². The number of hydrogen-bond donors (Lipinski definition) is 1. The fourth-order valence-corrected chi connectivity index (χ4v) is 4.48. The minimum absolute atomic E-state index is 0.262. The van der Waals surface area contributed by atoms with E-state index in [4.69, 9.17) is 23.2 Å². The number of nitrogens with one attached hydrogen (secondary N) is 1. The third kappa shape index (κ3) is 4.25. The van der Waals surface area contributed by atoms with Crippen LogP contribution < -0.4 is 10.2 Å². The van der Waals surface area contributed by atoms with Crippen LogP contribution in [-0.2, 0) is 6.54 Å². The molecule has 0 radical (unpaired) electrons. The molecule has 1 fully saturated rings. The monoisotopic (exact) mass is 455 g/mol. The number of benzene rings is 1. The Hall–Kier alpha value is -2.64. The highest BCUT2D eigenvalue weighted by molar-refractivity contribution is 6.31. The third-order valence-corrected chi connectivity index (χ3v) is 6.10. The second kappa shape index (κ2) is 8.85. The van der Waals surface area contributed by atoms with E-state index in [0.717, 1.165) is 46.7 Å². The summed E-state index contributed by atoms with van der Waals surface area (Å²) in [7, 11) is 0. The van der Waals surface area contributed by atoms with Gasteiger partial charge in [0.15, 0.2) is 17.0 Å². The van der Waals surface area contributed by atoms with Crippen LogP contribution in [0.5, 0.6) is 0 Å². The molecule has 1 aliphatic rings. The number of aromatic nitrogens is 5. The first kappa shape index (κ1) is 20.3. The summed E-state index contributed by atoms with van der Waals surface area (Å²) in [6.07, 6.45) is 8.46. The molecule has 5 rings (SSSR count). The first-order valence-electron chi connectivity index (χ1n) is 10.6. The van der Waals surface area contributed by atoms with E-state index in [2.05, 4.69) is 30.2 Å². The Morgan fingerprint density at radius 1 is 0.968 bits per heavy atom. The average molecular weight is 456 g/mol. The summed E-state index contributed by atoms with van der Waals surface area (Å²) in [6.45, 7) is 3.36. The standard InChI is InChI=1S/C22H23Cl2N7/c23-15-5-6-16-17(7-8-25-18(16)13-15)26-9-12-31-14-27-19-20(28-22(24)29-21(19)31)30-10-3-1-2-4-11-30/h5-8,13-14H,1-4,9-12H2,(H,25,26). The largest absolute Gasteiger partial charge is 0.383 e. The maximum atomic E-state index is 6.30. The van der Waals surface area contributed by atoms with E-state index in [1.165, 1.54) is 25.7 Å². The zero-order chi connectivity index (χ0) is 21.2. The number of halogens is 2. The number of imidazole rings is 1. The molecule has 7 nitrogen and oxygen atoms in total. The summed E-state index contributed by atoms with van der Waals surface area (Å²) >= 11 is 12.4. The zero-order valence-electron chi connectivity index (χ0n) is 17.1. The van der Waals surface area contributed by atoms with Crippen LogP contribution in [0.2, 0.25) is 10.3 Å². The van der Waals surface area contributed by atoms with Gasteiger partial charge in [0.2, 0.25) is 5.28 Å². The van der Waals surface area contributed by atoms with Gasteiger partial charge < -0.3 is 14.8 Å². The van der Waals surface area contributed by atoms with Crippen molar-refractivity contribution in [3.63, 3.8) is 0 Å². The molecule has 0 amide bonds. The van der Waals surface area contributed by atoms with Crippen molar-refractivity contribution in [1.82, 2.24) is 24.5 Å². The van der Waals surface area contributed by atoms with Crippen molar-refractivity contribution < 1.29 is 0 Å². The van der Waals surface area contributed by atoms with E-state index in [-0.39, 0.29) is 5.28 Å². The Kier molecular flexibility index (Phi) is 5.78. The van der Waals surface area contributed by atoms with E-state index < -0.39 is 0 Å². The van der Waals surface area contributed by atoms with Crippen molar-refractivity contribution in [2.45, 2.75) is 32.2 Å². The Morgan fingerprint density at radius 3 is 2.65 bits per heavy atom. The molecule has 1 saturated heterocycles. The third-order valence-electron chi connectivity index (χ3n) is 5.70. The van der Waals surface area contributed by atoms with Crippen LogP contribution in [0.4, 0.5) is 11.5 Å². The van der Waals surface area contributed by atoms with Gasteiger partial charge in [0.05, 0.1) is 11.8 Å². The van der Waals surface area contributed by atoms with Crippen molar-refractivity contribution in [3.05, 3.63) is 47.1 Å². The molecular weight excluding hydrogens is 433 g/mol. The Bertz CT molecular complexity index is 1220. The summed E-state index contributed by atoms with van der Waals surface area (Å²) < 4.78 is 2.03.